The zero-order valence-corrected chi connectivity index (χ0v) is 14.6. The first-order valence-corrected chi connectivity index (χ1v) is 9.01. The molecule has 1 unspecified atom stereocenters. The van der Waals surface area contributed by atoms with E-state index < -0.39 is 0 Å². The average Bonchev–Trinajstić information content (AvgIpc) is 2.92. The number of ketones is 1. The van der Waals surface area contributed by atoms with Gasteiger partial charge in [-0.3, -0.25) is 4.79 Å². The van der Waals surface area contributed by atoms with Crippen LogP contribution in [0.15, 0.2) is 18.2 Å². The number of nitrogens with one attached hydrogen (secondary N) is 1. The van der Waals surface area contributed by atoms with Gasteiger partial charge >= 0.3 is 0 Å². The molecule has 1 heterocycles. The minimum absolute atomic E-state index is 0.264. The molecule has 0 radical (unpaired) electrons. The first-order chi connectivity index (χ1) is 11.1. The van der Waals surface area contributed by atoms with Gasteiger partial charge in [0.2, 0.25) is 0 Å². The van der Waals surface area contributed by atoms with Gasteiger partial charge < -0.3 is 9.88 Å². The Kier molecular flexibility index (Phi) is 4.86. The van der Waals surface area contributed by atoms with Gasteiger partial charge in [-0.1, -0.05) is 13.8 Å². The molecule has 2 aromatic rings. The number of aromatic nitrogens is 1. The van der Waals surface area contributed by atoms with Gasteiger partial charge in [-0.05, 0) is 69.5 Å². The maximum absolute atomic E-state index is 12.2. The van der Waals surface area contributed by atoms with Crippen LogP contribution in [0.5, 0.6) is 0 Å². The highest BCUT2D eigenvalue weighted by Crippen LogP contribution is 2.31. The molecule has 1 aromatic heterocycles. The van der Waals surface area contributed by atoms with E-state index in [9.17, 15) is 4.79 Å². The number of rotatable bonds is 6. The molecule has 23 heavy (non-hydrogen) atoms. The summed E-state index contributed by atoms with van der Waals surface area (Å²) in [6, 6.07) is 6.80. The first-order valence-electron chi connectivity index (χ1n) is 9.01. The summed E-state index contributed by atoms with van der Waals surface area (Å²) in [6.07, 6.45) is 6.17. The number of aromatic amines is 1. The van der Waals surface area contributed by atoms with E-state index in [2.05, 4.69) is 42.9 Å². The van der Waals surface area contributed by atoms with Crippen molar-refractivity contribution < 1.29 is 4.79 Å². The van der Waals surface area contributed by atoms with Crippen LogP contribution in [0.2, 0.25) is 0 Å². The lowest BCUT2D eigenvalue weighted by Crippen LogP contribution is -2.36. The molecule has 0 bridgehead atoms. The van der Waals surface area contributed by atoms with Crippen molar-refractivity contribution >= 4 is 16.7 Å². The van der Waals surface area contributed by atoms with Gasteiger partial charge in [0.1, 0.15) is 0 Å². The second-order valence-electron chi connectivity index (χ2n) is 6.89. The van der Waals surface area contributed by atoms with Crippen molar-refractivity contribution in [3.63, 3.8) is 0 Å². The van der Waals surface area contributed by atoms with Crippen molar-refractivity contribution in [2.75, 3.05) is 13.6 Å². The molecule has 1 N–H and O–H groups in total. The predicted octanol–water partition coefficient (Wildman–Crippen LogP) is 4.35. The highest BCUT2D eigenvalue weighted by molar-refractivity contribution is 6.00. The Morgan fingerprint density at radius 1 is 1.30 bits per heavy atom. The molecule has 1 aliphatic rings. The van der Waals surface area contributed by atoms with Crippen molar-refractivity contribution in [2.24, 2.45) is 0 Å². The number of H-pyrrole nitrogens is 1. The Morgan fingerprint density at radius 2 is 2.13 bits per heavy atom. The fourth-order valence-electron chi connectivity index (χ4n) is 3.86. The van der Waals surface area contributed by atoms with Crippen molar-refractivity contribution in [1.82, 2.24) is 9.88 Å². The lowest BCUT2D eigenvalue weighted by Gasteiger charge is -2.31. The molecule has 3 heteroatoms. The smallest absolute Gasteiger partial charge is 0.162 e. The fourth-order valence-corrected chi connectivity index (χ4v) is 3.86. The third-order valence-corrected chi connectivity index (χ3v) is 5.16. The number of Topliss-reactive ketones (excluding diaryl/α,β-unsaturated/α-hetero) is 1. The highest BCUT2D eigenvalue weighted by Gasteiger charge is 2.25. The minimum Gasteiger partial charge on any atom is -0.358 e. The average molecular weight is 312 g/mol. The molecule has 0 saturated heterocycles. The van der Waals surface area contributed by atoms with Gasteiger partial charge in [-0.25, -0.2) is 0 Å². The molecule has 1 aliphatic carbocycles. The monoisotopic (exact) mass is 312 g/mol. The zero-order chi connectivity index (χ0) is 16.4. The number of carbonyl (C=O) groups is 1. The summed E-state index contributed by atoms with van der Waals surface area (Å²) in [6.45, 7) is 5.45. The topological polar surface area (TPSA) is 36.1 Å². The lowest BCUT2D eigenvalue weighted by atomic mass is 9.90. The summed E-state index contributed by atoms with van der Waals surface area (Å²) < 4.78 is 0. The molecular weight excluding hydrogens is 284 g/mol. The highest BCUT2D eigenvalue weighted by atomic mass is 16.1. The van der Waals surface area contributed by atoms with E-state index in [-0.39, 0.29) is 5.78 Å². The molecule has 0 fully saturated rings. The van der Waals surface area contributed by atoms with Crippen molar-refractivity contribution in [3.8, 4) is 0 Å². The van der Waals surface area contributed by atoms with E-state index in [1.54, 1.807) is 0 Å². The Hall–Kier alpha value is -1.61. The molecule has 1 aromatic carbocycles. The summed E-state index contributed by atoms with van der Waals surface area (Å²) in [5.74, 6) is 0.264. The second-order valence-corrected chi connectivity index (χ2v) is 6.89. The summed E-state index contributed by atoms with van der Waals surface area (Å²) in [4.78, 5) is 18.3. The molecule has 124 valence electrons. The van der Waals surface area contributed by atoms with E-state index in [1.165, 1.54) is 35.0 Å². The lowest BCUT2D eigenvalue weighted by molar-refractivity contribution is 0.0982. The minimum atomic E-state index is 0.264. The Balaban J connectivity index is 1.92. The van der Waals surface area contributed by atoms with Gasteiger partial charge in [0.05, 0.1) is 0 Å². The van der Waals surface area contributed by atoms with Crippen LogP contribution in [-0.2, 0) is 12.8 Å². The quantitative estimate of drug-likeness (QED) is 0.805. The number of carbonyl (C=O) groups excluding carboxylic acids is 1. The normalized spacial score (nSPS) is 17.7. The molecular formula is C20H28N2O. The van der Waals surface area contributed by atoms with E-state index in [4.69, 9.17) is 0 Å². The molecule has 3 nitrogen and oxygen atoms in total. The van der Waals surface area contributed by atoms with Crippen LogP contribution in [0.4, 0.5) is 0 Å². The molecule has 3 rings (SSSR count). The fraction of sp³-hybridized carbons (Fsp3) is 0.550. The van der Waals surface area contributed by atoms with Crippen LogP contribution in [-0.4, -0.2) is 35.3 Å². The molecule has 1 atom stereocenters. The zero-order valence-electron chi connectivity index (χ0n) is 14.6. The second kappa shape index (κ2) is 6.88. The van der Waals surface area contributed by atoms with Gasteiger partial charge in [-0.15, -0.1) is 0 Å². The number of fused-ring (bicyclic) bond motifs is 3. The van der Waals surface area contributed by atoms with Crippen molar-refractivity contribution in [2.45, 2.75) is 58.4 Å². The standard InChI is InChI=1S/C20H28N2O/c1-4-6-20(23)14-7-9-18-16(12-14)17-13-15(22(3)11-5-2)8-10-19(17)21-18/h7,9,12,15,21H,4-6,8,10-11,13H2,1-3H3. The van der Waals surface area contributed by atoms with Crippen LogP contribution in [0, 0.1) is 0 Å². The Labute approximate surface area is 139 Å². The van der Waals surface area contributed by atoms with Crippen molar-refractivity contribution in [3.05, 3.63) is 35.0 Å². The molecule has 0 saturated carbocycles. The molecule has 0 aliphatic heterocycles. The van der Waals surface area contributed by atoms with Crippen LogP contribution in [0.1, 0.15) is 61.1 Å². The van der Waals surface area contributed by atoms with E-state index >= 15 is 0 Å². The maximum atomic E-state index is 12.2. The maximum Gasteiger partial charge on any atom is 0.162 e. The van der Waals surface area contributed by atoms with Crippen LogP contribution in [0.25, 0.3) is 10.9 Å². The van der Waals surface area contributed by atoms with Crippen LogP contribution < -0.4 is 0 Å². The van der Waals surface area contributed by atoms with Gasteiger partial charge in [0.15, 0.2) is 5.78 Å². The third kappa shape index (κ3) is 3.20. The Morgan fingerprint density at radius 3 is 2.87 bits per heavy atom. The summed E-state index contributed by atoms with van der Waals surface area (Å²) in [5.41, 5.74) is 4.86. The number of benzene rings is 1. The summed E-state index contributed by atoms with van der Waals surface area (Å²) in [5, 5.41) is 1.26. The number of hydrogen-bond acceptors (Lipinski definition) is 2. The number of aryl methyl sites for hydroxylation is 1. The van der Waals surface area contributed by atoms with E-state index in [0.29, 0.717) is 12.5 Å². The van der Waals surface area contributed by atoms with Gasteiger partial charge in [-0.2, -0.15) is 0 Å². The van der Waals surface area contributed by atoms with E-state index in [0.717, 1.165) is 31.4 Å². The Bertz CT molecular complexity index is 701. The largest absolute Gasteiger partial charge is 0.358 e. The first kappa shape index (κ1) is 16.3. The van der Waals surface area contributed by atoms with Crippen LogP contribution in [0.3, 0.4) is 0 Å². The molecule has 0 spiro atoms. The number of hydrogen-bond donors (Lipinski definition) is 1. The number of likely N-dealkylation sites (N-methyl/N-ethyl adjacent to an activating group) is 1. The molecule has 0 amide bonds. The van der Waals surface area contributed by atoms with Crippen LogP contribution >= 0.6 is 0 Å². The third-order valence-electron chi connectivity index (χ3n) is 5.16. The van der Waals surface area contributed by atoms with Gasteiger partial charge in [0.25, 0.3) is 0 Å². The summed E-state index contributed by atoms with van der Waals surface area (Å²) >= 11 is 0. The van der Waals surface area contributed by atoms with Gasteiger partial charge in [0, 0.05) is 34.6 Å². The predicted molar refractivity (Wildman–Crippen MR) is 96.3 cm³/mol. The SMILES string of the molecule is CCCC(=O)c1ccc2[nH]c3c(c2c1)CC(N(C)CCC)CC3. The summed E-state index contributed by atoms with van der Waals surface area (Å²) in [7, 11) is 2.24. The number of nitrogens with zero attached hydrogens (tertiary/aromatic N) is 1. The van der Waals surface area contributed by atoms with Crippen molar-refractivity contribution in [1.29, 1.82) is 0 Å². The van der Waals surface area contributed by atoms with E-state index in [1.807, 2.05) is 6.07 Å².